The van der Waals surface area contributed by atoms with Crippen LogP contribution in [0.2, 0.25) is 0 Å². The van der Waals surface area contributed by atoms with Crippen molar-refractivity contribution in [2.75, 3.05) is 26.4 Å². The molecule has 0 unspecified atom stereocenters. The molecule has 0 bridgehead atoms. The van der Waals surface area contributed by atoms with E-state index in [2.05, 4.69) is 17.0 Å². The molecule has 1 aliphatic rings. The van der Waals surface area contributed by atoms with Crippen molar-refractivity contribution < 1.29 is 32.2 Å². The highest BCUT2D eigenvalue weighted by Crippen LogP contribution is 2.34. The minimum atomic E-state index is -4.75. The highest BCUT2D eigenvalue weighted by atomic mass is 35.5. The van der Waals surface area contributed by atoms with Crippen molar-refractivity contribution in [1.29, 1.82) is 0 Å². The van der Waals surface area contributed by atoms with E-state index in [1.165, 1.54) is 6.92 Å². The number of aryl methyl sites for hydroxylation is 1. The van der Waals surface area contributed by atoms with E-state index in [0.717, 1.165) is 24.6 Å². The van der Waals surface area contributed by atoms with Crippen LogP contribution in [0.5, 0.6) is 0 Å². The van der Waals surface area contributed by atoms with Crippen LogP contribution in [0.3, 0.4) is 0 Å². The number of aromatic nitrogens is 2. The number of hydrogen-bond acceptors (Lipinski definition) is 5. The van der Waals surface area contributed by atoms with Crippen molar-refractivity contribution in [3.63, 3.8) is 0 Å². The first kappa shape index (κ1) is 29.6. The van der Waals surface area contributed by atoms with Gasteiger partial charge in [-0.05, 0) is 38.7 Å². The van der Waals surface area contributed by atoms with Crippen molar-refractivity contribution in [3.8, 4) is 0 Å². The van der Waals surface area contributed by atoms with E-state index in [1.807, 2.05) is 13.8 Å². The molecule has 0 fully saturated rings. The number of rotatable bonds is 8. The summed E-state index contributed by atoms with van der Waals surface area (Å²) >= 11 is 5.65. The van der Waals surface area contributed by atoms with Gasteiger partial charge in [0, 0.05) is 37.3 Å². The Kier molecular flexibility index (Phi) is 11.2. The molecule has 0 radical (unpaired) electrons. The first-order valence-electron chi connectivity index (χ1n) is 11.9. The summed E-state index contributed by atoms with van der Waals surface area (Å²) in [6.07, 6.45) is -0.470. The topological polar surface area (TPSA) is 82.5 Å². The number of ether oxygens (including phenoxy) is 2. The molecule has 0 saturated heterocycles. The predicted molar refractivity (Wildman–Crippen MR) is 131 cm³/mol. The van der Waals surface area contributed by atoms with Crippen LogP contribution >= 0.6 is 11.6 Å². The van der Waals surface area contributed by atoms with E-state index in [0.29, 0.717) is 56.5 Å². The SMILES string of the molecule is C=C(/C=C(\C(Cl)=C/C)C(F)(F)F)C(=O)OC[C@H](C)Cn1nc(CC)c2c1CCCOCCCNC2=O. The molecule has 1 aliphatic heterocycles. The predicted octanol–water partition coefficient (Wildman–Crippen LogP) is 4.90. The number of carbonyl (C=O) groups excluding carboxylic acids is 2. The second kappa shape index (κ2) is 13.6. The third-order valence-corrected chi connectivity index (χ3v) is 5.95. The fourth-order valence-electron chi connectivity index (χ4n) is 3.71. The molecule has 1 aromatic heterocycles. The monoisotopic (exact) mass is 531 g/mol. The fraction of sp³-hybridized carbons (Fsp3) is 0.560. The molecule has 2 rings (SSSR count). The Labute approximate surface area is 214 Å². The Morgan fingerprint density at radius 1 is 1.36 bits per heavy atom. The van der Waals surface area contributed by atoms with Gasteiger partial charge in [0.15, 0.2) is 0 Å². The molecule has 11 heteroatoms. The lowest BCUT2D eigenvalue weighted by molar-refractivity contribution is -0.140. The van der Waals surface area contributed by atoms with Gasteiger partial charge in [-0.2, -0.15) is 18.3 Å². The van der Waals surface area contributed by atoms with Gasteiger partial charge in [-0.25, -0.2) is 4.79 Å². The van der Waals surface area contributed by atoms with Crippen molar-refractivity contribution in [2.24, 2.45) is 5.92 Å². The molecular weight excluding hydrogens is 499 g/mol. The summed E-state index contributed by atoms with van der Waals surface area (Å²) in [4.78, 5) is 25.2. The Balaban J connectivity index is 2.13. The van der Waals surface area contributed by atoms with Gasteiger partial charge in [-0.15, -0.1) is 0 Å². The highest BCUT2D eigenvalue weighted by molar-refractivity contribution is 6.32. The van der Waals surface area contributed by atoms with Gasteiger partial charge in [-0.1, -0.05) is 38.1 Å². The van der Waals surface area contributed by atoms with Gasteiger partial charge in [0.1, 0.15) is 0 Å². The number of carbonyl (C=O) groups is 2. The zero-order valence-electron chi connectivity index (χ0n) is 20.8. The maximum absolute atomic E-state index is 13.2. The van der Waals surface area contributed by atoms with Gasteiger partial charge in [0.05, 0.1) is 34.7 Å². The molecule has 0 saturated carbocycles. The molecule has 0 spiro atoms. The van der Waals surface area contributed by atoms with Gasteiger partial charge in [-0.3, -0.25) is 9.48 Å². The lowest BCUT2D eigenvalue weighted by atomic mass is 10.1. The number of nitrogens with zero attached hydrogens (tertiary/aromatic N) is 2. The van der Waals surface area contributed by atoms with E-state index < -0.39 is 28.3 Å². The third kappa shape index (κ3) is 8.23. The lowest BCUT2D eigenvalue weighted by Crippen LogP contribution is -2.27. The molecule has 2 heterocycles. The van der Waals surface area contributed by atoms with Crippen LogP contribution < -0.4 is 5.32 Å². The summed E-state index contributed by atoms with van der Waals surface area (Å²) in [6, 6.07) is 0. The van der Waals surface area contributed by atoms with Gasteiger partial charge >= 0.3 is 12.1 Å². The summed E-state index contributed by atoms with van der Waals surface area (Å²) < 4.78 is 52.2. The van der Waals surface area contributed by atoms with Crippen molar-refractivity contribution in [2.45, 2.75) is 59.2 Å². The van der Waals surface area contributed by atoms with Crippen LogP contribution in [-0.2, 0) is 33.7 Å². The van der Waals surface area contributed by atoms with Crippen molar-refractivity contribution >= 4 is 23.5 Å². The van der Waals surface area contributed by atoms with E-state index in [-0.39, 0.29) is 18.4 Å². The van der Waals surface area contributed by atoms with Crippen LogP contribution in [0.15, 0.2) is 34.9 Å². The maximum atomic E-state index is 13.2. The molecule has 1 atom stereocenters. The lowest BCUT2D eigenvalue weighted by Gasteiger charge is -2.16. The van der Waals surface area contributed by atoms with Crippen LogP contribution in [-0.4, -0.2) is 54.2 Å². The number of halogens is 4. The second-order valence-corrected chi connectivity index (χ2v) is 8.96. The van der Waals surface area contributed by atoms with Crippen LogP contribution in [0.4, 0.5) is 13.2 Å². The summed E-state index contributed by atoms with van der Waals surface area (Å²) in [5.74, 6) is -1.38. The third-order valence-electron chi connectivity index (χ3n) is 5.53. The van der Waals surface area contributed by atoms with Gasteiger partial charge in [0.2, 0.25) is 0 Å². The summed E-state index contributed by atoms with van der Waals surface area (Å²) in [7, 11) is 0. The Morgan fingerprint density at radius 3 is 2.69 bits per heavy atom. The maximum Gasteiger partial charge on any atom is 0.417 e. The van der Waals surface area contributed by atoms with E-state index in [1.54, 1.807) is 4.68 Å². The minimum Gasteiger partial charge on any atom is -0.462 e. The smallest absolute Gasteiger partial charge is 0.417 e. The van der Waals surface area contributed by atoms with E-state index in [9.17, 15) is 22.8 Å². The molecule has 0 aliphatic carbocycles. The molecule has 1 N–H and O–H groups in total. The number of nitrogens with one attached hydrogen (secondary N) is 1. The van der Waals surface area contributed by atoms with Gasteiger partial charge in [0.25, 0.3) is 5.91 Å². The minimum absolute atomic E-state index is 0.0736. The highest BCUT2D eigenvalue weighted by Gasteiger charge is 2.36. The zero-order valence-corrected chi connectivity index (χ0v) is 21.6. The molecule has 200 valence electrons. The van der Waals surface area contributed by atoms with Gasteiger partial charge < -0.3 is 14.8 Å². The molecule has 36 heavy (non-hydrogen) atoms. The number of amides is 1. The second-order valence-electron chi connectivity index (χ2n) is 8.55. The van der Waals surface area contributed by atoms with E-state index in [4.69, 9.17) is 21.1 Å². The molecule has 7 nitrogen and oxygen atoms in total. The quantitative estimate of drug-likeness (QED) is 0.293. The fourth-order valence-corrected chi connectivity index (χ4v) is 3.87. The van der Waals surface area contributed by atoms with Crippen molar-refractivity contribution in [3.05, 3.63) is 51.9 Å². The van der Waals surface area contributed by atoms with Crippen LogP contribution in [0.1, 0.15) is 55.4 Å². The molecule has 0 aromatic carbocycles. The zero-order chi connectivity index (χ0) is 26.9. The summed E-state index contributed by atoms with van der Waals surface area (Å²) in [5.41, 5.74) is 0.408. The summed E-state index contributed by atoms with van der Waals surface area (Å²) in [5, 5.41) is 7.01. The summed E-state index contributed by atoms with van der Waals surface area (Å²) in [6.45, 7) is 10.4. The first-order valence-corrected chi connectivity index (χ1v) is 12.3. The molecule has 1 amide bonds. The van der Waals surface area contributed by atoms with Crippen LogP contribution in [0, 0.1) is 5.92 Å². The van der Waals surface area contributed by atoms with E-state index >= 15 is 0 Å². The first-order chi connectivity index (χ1) is 17.0. The molecule has 1 aromatic rings. The number of alkyl halides is 3. The average Bonchev–Trinajstić information content (AvgIpc) is 3.15. The number of hydrogen-bond donors (Lipinski definition) is 1. The standard InChI is InChI=1S/C25H33ClF3N3O4/c1-5-19(26)18(25(27,28)29)13-17(4)24(34)36-15-16(3)14-32-21-9-7-11-35-12-8-10-30-23(33)22(21)20(6-2)31-32/h5,13,16H,4,6-12,14-15H2,1-3H3,(H,30,33)/b18-13+,19-5+/t16-/m1/s1. The number of esters is 1. The Bertz CT molecular complexity index is 1010. The van der Waals surface area contributed by atoms with Crippen molar-refractivity contribution in [1.82, 2.24) is 15.1 Å². The Hall–Kier alpha value is -2.59. The largest absolute Gasteiger partial charge is 0.462 e. The number of allylic oxidation sites excluding steroid dienone is 3. The Morgan fingerprint density at radius 2 is 2.06 bits per heavy atom. The normalized spacial score (nSPS) is 17.0. The number of fused-ring (bicyclic) bond motifs is 1. The average molecular weight is 532 g/mol. The molecular formula is C25H33ClF3N3O4. The van der Waals surface area contributed by atoms with Crippen LogP contribution in [0.25, 0.3) is 0 Å².